The molecular formula is C9H12OSi. The molecule has 58 valence electrons. The fourth-order valence-corrected chi connectivity index (χ4v) is 2.36. The van der Waals surface area contributed by atoms with Gasteiger partial charge in [0, 0.05) is 0 Å². The molecule has 1 nitrogen and oxygen atoms in total. The molecule has 0 saturated carbocycles. The second-order valence-electron chi connectivity index (χ2n) is 2.87. The molecule has 1 aromatic carbocycles. The van der Waals surface area contributed by atoms with Crippen LogP contribution in [0.3, 0.4) is 0 Å². The van der Waals surface area contributed by atoms with Crippen molar-refractivity contribution >= 4 is 20.1 Å². The van der Waals surface area contributed by atoms with Gasteiger partial charge in [0.25, 0.3) is 0 Å². The van der Waals surface area contributed by atoms with E-state index in [1.807, 2.05) is 12.1 Å². The SMILES string of the molecule is CC(=O)[SiH2]c1cccc(C)c1. The van der Waals surface area contributed by atoms with E-state index in [0.29, 0.717) is 5.41 Å². The second kappa shape index (κ2) is 3.48. The van der Waals surface area contributed by atoms with Gasteiger partial charge in [-0.3, -0.25) is 0 Å². The molecule has 0 atom stereocenters. The highest BCUT2D eigenvalue weighted by Crippen LogP contribution is 1.91. The molecule has 0 N–H and O–H groups in total. The lowest BCUT2D eigenvalue weighted by molar-refractivity contribution is -0.110. The van der Waals surface area contributed by atoms with E-state index in [2.05, 4.69) is 19.1 Å². The van der Waals surface area contributed by atoms with Crippen molar-refractivity contribution in [3.63, 3.8) is 0 Å². The van der Waals surface area contributed by atoms with E-state index in [1.54, 1.807) is 6.92 Å². The predicted octanol–water partition coefficient (Wildman–Crippen LogP) is 0.336. The largest absolute Gasteiger partial charge is 0.306 e. The van der Waals surface area contributed by atoms with Crippen LogP contribution in [0.15, 0.2) is 24.3 Å². The molecule has 1 aromatic rings. The van der Waals surface area contributed by atoms with Gasteiger partial charge in [0.2, 0.25) is 0 Å². The van der Waals surface area contributed by atoms with E-state index in [0.717, 1.165) is 0 Å². The van der Waals surface area contributed by atoms with Gasteiger partial charge < -0.3 is 4.79 Å². The van der Waals surface area contributed by atoms with Crippen LogP contribution in [0.4, 0.5) is 0 Å². The topological polar surface area (TPSA) is 17.1 Å². The predicted molar refractivity (Wildman–Crippen MR) is 50.0 cm³/mol. The Bertz CT molecular complexity index is 268. The van der Waals surface area contributed by atoms with E-state index >= 15 is 0 Å². The first-order chi connectivity index (χ1) is 5.18. The van der Waals surface area contributed by atoms with Crippen LogP contribution in [0, 0.1) is 6.92 Å². The molecule has 0 saturated heterocycles. The molecule has 0 fully saturated rings. The van der Waals surface area contributed by atoms with E-state index in [4.69, 9.17) is 0 Å². The Morgan fingerprint density at radius 1 is 1.45 bits per heavy atom. The molecule has 0 heterocycles. The zero-order valence-electron chi connectivity index (χ0n) is 6.92. The highest BCUT2D eigenvalue weighted by Gasteiger charge is 1.97. The van der Waals surface area contributed by atoms with Crippen molar-refractivity contribution < 1.29 is 4.79 Å². The Kier molecular flexibility index (Phi) is 2.60. The fraction of sp³-hybridized carbons (Fsp3) is 0.222. The van der Waals surface area contributed by atoms with Crippen molar-refractivity contribution in [2.24, 2.45) is 0 Å². The van der Waals surface area contributed by atoms with Gasteiger partial charge in [-0.2, -0.15) is 0 Å². The van der Waals surface area contributed by atoms with Crippen LogP contribution in [-0.2, 0) is 4.79 Å². The van der Waals surface area contributed by atoms with Crippen molar-refractivity contribution in [3.05, 3.63) is 29.8 Å². The molecule has 0 aliphatic heterocycles. The van der Waals surface area contributed by atoms with E-state index < -0.39 is 9.52 Å². The van der Waals surface area contributed by atoms with Crippen LogP contribution in [0.1, 0.15) is 12.5 Å². The van der Waals surface area contributed by atoms with Crippen molar-refractivity contribution in [1.82, 2.24) is 0 Å². The molecule has 0 aromatic heterocycles. The van der Waals surface area contributed by atoms with Gasteiger partial charge in [0.05, 0.1) is 0 Å². The standard InChI is InChI=1S/C9H12OSi/c1-7-4-3-5-9(6-7)11-8(2)10/h3-6H,11H2,1-2H3. The van der Waals surface area contributed by atoms with Gasteiger partial charge in [0.15, 0.2) is 0 Å². The summed E-state index contributed by atoms with van der Waals surface area (Å²) in [7, 11) is -0.637. The van der Waals surface area contributed by atoms with Crippen LogP contribution < -0.4 is 5.19 Å². The summed E-state index contributed by atoms with van der Waals surface area (Å²) in [5.41, 5.74) is 1.25. The van der Waals surface area contributed by atoms with Crippen molar-refractivity contribution in [2.45, 2.75) is 13.8 Å². The van der Waals surface area contributed by atoms with E-state index in [1.165, 1.54) is 10.8 Å². The molecule has 11 heavy (non-hydrogen) atoms. The molecule has 0 spiro atoms. The third-order valence-corrected chi connectivity index (χ3v) is 2.88. The minimum absolute atomic E-state index is 0.357. The number of hydrogen-bond acceptors (Lipinski definition) is 1. The zero-order chi connectivity index (χ0) is 8.27. The lowest BCUT2D eigenvalue weighted by Crippen LogP contribution is -2.20. The molecule has 0 bridgehead atoms. The maximum absolute atomic E-state index is 10.8. The van der Waals surface area contributed by atoms with Crippen LogP contribution in [0.5, 0.6) is 0 Å². The first-order valence-electron chi connectivity index (χ1n) is 3.73. The minimum Gasteiger partial charge on any atom is -0.306 e. The van der Waals surface area contributed by atoms with Gasteiger partial charge in [-0.25, -0.2) is 0 Å². The fourth-order valence-electron chi connectivity index (χ4n) is 1.11. The molecule has 0 aliphatic carbocycles. The Labute approximate surface area is 69.3 Å². The van der Waals surface area contributed by atoms with Crippen molar-refractivity contribution in [1.29, 1.82) is 0 Å². The second-order valence-corrected chi connectivity index (χ2v) is 5.03. The van der Waals surface area contributed by atoms with Crippen LogP contribution in [-0.4, -0.2) is 14.9 Å². The zero-order valence-corrected chi connectivity index (χ0v) is 8.34. The van der Waals surface area contributed by atoms with Crippen LogP contribution >= 0.6 is 0 Å². The molecule has 0 aliphatic rings. The summed E-state index contributed by atoms with van der Waals surface area (Å²) in [5.74, 6) is 0. The highest BCUT2D eigenvalue weighted by atomic mass is 28.2. The summed E-state index contributed by atoms with van der Waals surface area (Å²) in [6, 6.07) is 8.22. The normalized spacial score (nSPS) is 10.7. The van der Waals surface area contributed by atoms with E-state index in [-0.39, 0.29) is 0 Å². The number of aryl methyl sites for hydroxylation is 1. The number of benzene rings is 1. The maximum atomic E-state index is 10.8. The molecule has 2 heteroatoms. The van der Waals surface area contributed by atoms with Gasteiger partial charge >= 0.3 is 0 Å². The Morgan fingerprint density at radius 3 is 2.73 bits per heavy atom. The Hall–Kier alpha value is -0.893. The lowest BCUT2D eigenvalue weighted by atomic mass is 10.2. The number of carbonyl (C=O) groups excluding carboxylic acids is 1. The molecule has 0 unspecified atom stereocenters. The number of hydrogen-bond donors (Lipinski definition) is 0. The minimum atomic E-state index is -0.637. The smallest absolute Gasteiger partial charge is 0.132 e. The average Bonchev–Trinajstić information content (AvgIpc) is 1.85. The summed E-state index contributed by atoms with van der Waals surface area (Å²) in [4.78, 5) is 10.8. The molecule has 0 radical (unpaired) electrons. The van der Waals surface area contributed by atoms with Crippen LogP contribution in [0.25, 0.3) is 0 Å². The maximum Gasteiger partial charge on any atom is 0.132 e. The highest BCUT2D eigenvalue weighted by molar-refractivity contribution is 6.83. The summed E-state index contributed by atoms with van der Waals surface area (Å²) < 4.78 is 0. The first-order valence-corrected chi connectivity index (χ1v) is 5.15. The van der Waals surface area contributed by atoms with Gasteiger partial charge in [-0.05, 0) is 13.8 Å². The lowest BCUT2D eigenvalue weighted by Gasteiger charge is -1.97. The number of rotatable bonds is 2. The van der Waals surface area contributed by atoms with Crippen molar-refractivity contribution in [2.75, 3.05) is 0 Å². The molecular weight excluding hydrogens is 152 g/mol. The number of carbonyl (C=O) groups is 1. The summed E-state index contributed by atoms with van der Waals surface area (Å²) >= 11 is 0. The third-order valence-electron chi connectivity index (χ3n) is 1.54. The quantitative estimate of drug-likeness (QED) is 0.576. The van der Waals surface area contributed by atoms with Crippen LogP contribution in [0.2, 0.25) is 0 Å². The Balaban J connectivity index is 2.79. The summed E-state index contributed by atoms with van der Waals surface area (Å²) in [5, 5.41) is 1.60. The van der Waals surface area contributed by atoms with Gasteiger partial charge in [0.1, 0.15) is 14.9 Å². The monoisotopic (exact) mass is 164 g/mol. The van der Waals surface area contributed by atoms with Crippen molar-refractivity contribution in [3.8, 4) is 0 Å². The average molecular weight is 164 g/mol. The first kappa shape index (κ1) is 8.21. The summed E-state index contributed by atoms with van der Waals surface area (Å²) in [6.07, 6.45) is 0. The van der Waals surface area contributed by atoms with Gasteiger partial charge in [-0.1, -0.05) is 35.0 Å². The van der Waals surface area contributed by atoms with Gasteiger partial charge in [-0.15, -0.1) is 0 Å². The third kappa shape index (κ3) is 2.68. The molecule has 1 rings (SSSR count). The molecule has 0 amide bonds. The Morgan fingerprint density at radius 2 is 2.18 bits per heavy atom. The summed E-state index contributed by atoms with van der Waals surface area (Å²) in [6.45, 7) is 3.73. The van der Waals surface area contributed by atoms with E-state index in [9.17, 15) is 4.79 Å².